The lowest BCUT2D eigenvalue weighted by Gasteiger charge is -2.40. The van der Waals surface area contributed by atoms with Gasteiger partial charge in [0.05, 0.1) is 23.7 Å². The fourth-order valence-corrected chi connectivity index (χ4v) is 4.63. The van der Waals surface area contributed by atoms with E-state index >= 15 is 0 Å². The molecule has 0 aliphatic heterocycles. The topological polar surface area (TPSA) is 44.2 Å². The van der Waals surface area contributed by atoms with E-state index in [0.717, 1.165) is 16.6 Å². The number of allylic oxidation sites excluding steroid dienone is 1. The highest BCUT2D eigenvalue weighted by Crippen LogP contribution is 2.39. The molecular weight excluding hydrogens is 376 g/mol. The van der Waals surface area contributed by atoms with Crippen LogP contribution in [-0.2, 0) is 4.43 Å². The van der Waals surface area contributed by atoms with Crippen LogP contribution in [0.15, 0.2) is 30.5 Å². The van der Waals surface area contributed by atoms with Crippen LogP contribution in [-0.4, -0.2) is 32.4 Å². The van der Waals surface area contributed by atoms with Crippen LogP contribution in [0.1, 0.15) is 65.9 Å². The molecule has 1 saturated carbocycles. The predicted molar refractivity (Wildman–Crippen MR) is 121 cm³/mol. The molecule has 2 aromatic heterocycles. The molecule has 0 amide bonds. The molecule has 0 bridgehead atoms. The van der Waals surface area contributed by atoms with Crippen LogP contribution in [0.4, 0.5) is 0 Å². The second-order valence-corrected chi connectivity index (χ2v) is 11.6. The minimum Gasteiger partial charge on any atom is -0.481 e. The second kappa shape index (κ2) is 8.96. The first-order chi connectivity index (χ1) is 13.7. The maximum absolute atomic E-state index is 6.35. The summed E-state index contributed by atoms with van der Waals surface area (Å²) in [5.41, 5.74) is 2.86. The van der Waals surface area contributed by atoms with Crippen LogP contribution < -0.4 is 4.74 Å². The second-order valence-electron chi connectivity index (χ2n) is 9.65. The molecule has 0 N–H and O–H groups in total. The zero-order valence-electron chi connectivity index (χ0n) is 18.7. The van der Waals surface area contributed by atoms with Gasteiger partial charge in [-0.15, -0.1) is 0 Å². The van der Waals surface area contributed by atoms with Gasteiger partial charge in [-0.05, 0) is 68.5 Å². The van der Waals surface area contributed by atoms with Gasteiger partial charge >= 0.3 is 0 Å². The molecule has 0 aromatic carbocycles. The van der Waals surface area contributed by atoms with Crippen molar-refractivity contribution in [1.82, 2.24) is 9.97 Å². The van der Waals surface area contributed by atoms with Crippen molar-refractivity contribution >= 4 is 26.9 Å². The Hall–Kier alpha value is -1.72. The van der Waals surface area contributed by atoms with Gasteiger partial charge in [0, 0.05) is 17.8 Å². The van der Waals surface area contributed by atoms with E-state index in [1.807, 2.05) is 24.4 Å². The Balaban J connectivity index is 1.62. The highest BCUT2D eigenvalue weighted by Gasteiger charge is 2.34. The van der Waals surface area contributed by atoms with Crippen molar-refractivity contribution in [3.05, 3.63) is 36.0 Å². The summed E-state index contributed by atoms with van der Waals surface area (Å²) < 4.78 is 11.6. The monoisotopic (exact) mass is 410 g/mol. The Morgan fingerprint density at radius 2 is 1.76 bits per heavy atom. The van der Waals surface area contributed by atoms with Gasteiger partial charge in [0.2, 0.25) is 15.6 Å². The number of methoxy groups -OCH3 is 1. The zero-order valence-corrected chi connectivity index (χ0v) is 19.7. The molecule has 2 radical (unpaired) electrons. The van der Waals surface area contributed by atoms with E-state index < -0.39 is 0 Å². The van der Waals surface area contributed by atoms with Gasteiger partial charge in [0.15, 0.2) is 0 Å². The normalized spacial score (nSPS) is 21.0. The Morgan fingerprint density at radius 3 is 2.41 bits per heavy atom. The molecule has 0 atom stereocenters. The van der Waals surface area contributed by atoms with E-state index in [2.05, 4.69) is 56.7 Å². The number of fused-ring (bicyclic) bond motifs is 1. The largest absolute Gasteiger partial charge is 0.481 e. The molecule has 1 aliphatic rings. The lowest BCUT2D eigenvalue weighted by atomic mass is 9.75. The van der Waals surface area contributed by atoms with Crippen LogP contribution in [0.3, 0.4) is 0 Å². The number of aromatic nitrogens is 2. The van der Waals surface area contributed by atoms with E-state index in [9.17, 15) is 0 Å². The third kappa shape index (κ3) is 5.89. The molecule has 4 nitrogen and oxygen atoms in total. The Bertz CT molecular complexity index is 850. The molecule has 0 saturated heterocycles. The first-order valence-electron chi connectivity index (χ1n) is 10.6. The van der Waals surface area contributed by atoms with Crippen molar-refractivity contribution < 1.29 is 9.16 Å². The Kier molecular flexibility index (Phi) is 6.79. The van der Waals surface area contributed by atoms with E-state index in [0.29, 0.717) is 27.5 Å². The number of ether oxygens (including phenoxy) is 1. The third-order valence-corrected chi connectivity index (χ3v) is 6.96. The van der Waals surface area contributed by atoms with Crippen molar-refractivity contribution in [3.63, 3.8) is 0 Å². The van der Waals surface area contributed by atoms with E-state index in [4.69, 9.17) is 9.16 Å². The standard InChI is InChI=1S/C24H34N2O2Si/c1-23(2,3)29-28-24(4,5)19-11-8-17(9-12-19)7-10-18-15-16-25-20-13-14-21(27-6)26-22(18)20/h7,10,13-17,19H,8-9,11-12H2,1-6H3. The minimum atomic E-state index is -0.0395. The maximum Gasteiger partial charge on any atom is 0.236 e. The fourth-order valence-electron chi connectivity index (χ4n) is 3.89. The van der Waals surface area contributed by atoms with Crippen molar-refractivity contribution in [1.29, 1.82) is 0 Å². The quantitative estimate of drug-likeness (QED) is 0.540. The lowest BCUT2D eigenvalue weighted by Crippen LogP contribution is -2.39. The average Bonchev–Trinajstić information content (AvgIpc) is 2.70. The summed E-state index contributed by atoms with van der Waals surface area (Å²) in [4.78, 5) is 9.01. The zero-order chi connectivity index (χ0) is 21.1. The smallest absolute Gasteiger partial charge is 0.236 e. The SMILES string of the molecule is COc1ccc2nccc(C=CC3CCC(C(C)(C)O[Si]C(C)(C)C)CC3)c2n1. The first-order valence-corrected chi connectivity index (χ1v) is 11.5. The molecule has 5 heteroatoms. The first kappa shape index (κ1) is 22.0. The molecule has 0 unspecified atom stereocenters. The number of rotatable bonds is 6. The lowest BCUT2D eigenvalue weighted by molar-refractivity contribution is 0.0202. The molecule has 1 fully saturated rings. The number of hydrogen-bond donors (Lipinski definition) is 0. The Morgan fingerprint density at radius 1 is 1.03 bits per heavy atom. The van der Waals surface area contributed by atoms with E-state index in [1.54, 1.807) is 7.11 Å². The summed E-state index contributed by atoms with van der Waals surface area (Å²) >= 11 is 0. The molecule has 1 aliphatic carbocycles. The summed E-state index contributed by atoms with van der Waals surface area (Å²) in [6, 6.07) is 5.85. The van der Waals surface area contributed by atoms with Crippen molar-refractivity contribution in [2.75, 3.05) is 7.11 Å². The predicted octanol–water partition coefficient (Wildman–Crippen LogP) is 6.09. The molecule has 29 heavy (non-hydrogen) atoms. The van der Waals surface area contributed by atoms with E-state index in [1.165, 1.54) is 25.7 Å². The van der Waals surface area contributed by atoms with Gasteiger partial charge < -0.3 is 9.16 Å². The van der Waals surface area contributed by atoms with Crippen LogP contribution in [0.5, 0.6) is 5.88 Å². The summed E-state index contributed by atoms with van der Waals surface area (Å²) in [6.45, 7) is 11.3. The summed E-state index contributed by atoms with van der Waals surface area (Å²) in [5.74, 6) is 1.87. The number of hydrogen-bond acceptors (Lipinski definition) is 4. The van der Waals surface area contributed by atoms with Gasteiger partial charge in [-0.1, -0.05) is 32.9 Å². The Labute approximate surface area is 178 Å². The van der Waals surface area contributed by atoms with E-state index in [-0.39, 0.29) is 10.6 Å². The average molecular weight is 411 g/mol. The van der Waals surface area contributed by atoms with Crippen molar-refractivity contribution in [2.45, 2.75) is 70.9 Å². The van der Waals surface area contributed by atoms with Gasteiger partial charge in [-0.25, -0.2) is 4.98 Å². The summed E-state index contributed by atoms with van der Waals surface area (Å²) in [7, 11) is 2.19. The van der Waals surface area contributed by atoms with Gasteiger partial charge in [0.1, 0.15) is 0 Å². The van der Waals surface area contributed by atoms with Crippen molar-refractivity contribution in [2.24, 2.45) is 11.8 Å². The summed E-state index contributed by atoms with van der Waals surface area (Å²) in [5, 5.41) is 0.237. The molecule has 3 rings (SSSR count). The molecular formula is C24H34N2O2Si. The van der Waals surface area contributed by atoms with Crippen LogP contribution in [0, 0.1) is 11.8 Å². The van der Waals surface area contributed by atoms with Crippen LogP contribution in [0.25, 0.3) is 17.1 Å². The maximum atomic E-state index is 6.35. The highest BCUT2D eigenvalue weighted by molar-refractivity contribution is 6.31. The number of pyridine rings is 2. The fraction of sp³-hybridized carbons (Fsp3) is 0.583. The summed E-state index contributed by atoms with van der Waals surface area (Å²) in [6.07, 6.45) is 11.3. The van der Waals surface area contributed by atoms with Gasteiger partial charge in [0.25, 0.3) is 0 Å². The number of nitrogens with zero attached hydrogens (tertiary/aromatic N) is 2. The molecule has 0 spiro atoms. The van der Waals surface area contributed by atoms with Crippen LogP contribution >= 0.6 is 0 Å². The van der Waals surface area contributed by atoms with Gasteiger partial charge in [-0.2, -0.15) is 0 Å². The van der Waals surface area contributed by atoms with Crippen molar-refractivity contribution in [3.8, 4) is 5.88 Å². The minimum absolute atomic E-state index is 0.0395. The molecule has 156 valence electrons. The third-order valence-electron chi connectivity index (χ3n) is 5.72. The van der Waals surface area contributed by atoms with Gasteiger partial charge in [-0.3, -0.25) is 4.98 Å². The van der Waals surface area contributed by atoms with Crippen LogP contribution in [0.2, 0.25) is 5.04 Å². The molecule has 2 heterocycles. The molecule has 2 aromatic rings. The highest BCUT2D eigenvalue weighted by atomic mass is 28.2.